The Morgan fingerprint density at radius 2 is 2.23 bits per heavy atom. The Hall–Kier alpha value is -0.570. The van der Waals surface area contributed by atoms with Gasteiger partial charge in [-0.3, -0.25) is 4.79 Å². The number of rotatable bonds is 4. The van der Waals surface area contributed by atoms with Gasteiger partial charge in [-0.1, -0.05) is 13.3 Å². The van der Waals surface area contributed by atoms with E-state index in [-0.39, 0.29) is 18.4 Å². The van der Waals surface area contributed by atoms with E-state index in [0.717, 1.165) is 19.3 Å². The summed E-state index contributed by atoms with van der Waals surface area (Å²) in [5.41, 5.74) is -0.424. The summed E-state index contributed by atoms with van der Waals surface area (Å²) in [6.45, 7) is 3.86. The predicted octanol–water partition coefficient (Wildman–Crippen LogP) is 1.06. The standard InChI is InChI=1S/C10H19NO2/c1-3-10(2,7-12)11-9(13)8-5-4-6-8/h8,12H,3-7H2,1-2H3,(H,11,13). The van der Waals surface area contributed by atoms with E-state index < -0.39 is 5.54 Å². The van der Waals surface area contributed by atoms with Crippen LogP contribution in [0.15, 0.2) is 0 Å². The summed E-state index contributed by atoms with van der Waals surface area (Å²) in [7, 11) is 0. The SMILES string of the molecule is CCC(C)(CO)NC(=O)C1CCC1. The maximum atomic E-state index is 11.5. The molecule has 1 aliphatic rings. The summed E-state index contributed by atoms with van der Waals surface area (Å²) in [6, 6.07) is 0. The largest absolute Gasteiger partial charge is 0.394 e. The van der Waals surface area contributed by atoms with E-state index >= 15 is 0 Å². The smallest absolute Gasteiger partial charge is 0.223 e. The quantitative estimate of drug-likeness (QED) is 0.688. The summed E-state index contributed by atoms with van der Waals surface area (Å²) in [6.07, 6.45) is 3.95. The second-order valence-corrected chi connectivity index (χ2v) is 4.19. The first-order valence-corrected chi connectivity index (χ1v) is 5.04. The first-order valence-electron chi connectivity index (χ1n) is 5.04. The molecule has 1 amide bonds. The van der Waals surface area contributed by atoms with Gasteiger partial charge in [0.15, 0.2) is 0 Å². The van der Waals surface area contributed by atoms with Crippen molar-refractivity contribution in [2.75, 3.05) is 6.61 Å². The lowest BCUT2D eigenvalue weighted by molar-refractivity contribution is -0.129. The van der Waals surface area contributed by atoms with Crippen molar-refractivity contribution >= 4 is 5.91 Å². The highest BCUT2D eigenvalue weighted by Gasteiger charge is 2.30. The van der Waals surface area contributed by atoms with Crippen LogP contribution >= 0.6 is 0 Å². The summed E-state index contributed by atoms with van der Waals surface area (Å²) in [5, 5.41) is 12.0. The number of hydrogen-bond acceptors (Lipinski definition) is 2. The normalized spacial score (nSPS) is 21.8. The molecular weight excluding hydrogens is 166 g/mol. The van der Waals surface area contributed by atoms with E-state index in [1.54, 1.807) is 0 Å². The Kier molecular flexibility index (Phi) is 3.31. The van der Waals surface area contributed by atoms with Crippen LogP contribution in [-0.4, -0.2) is 23.2 Å². The average molecular weight is 185 g/mol. The number of nitrogens with one attached hydrogen (secondary N) is 1. The van der Waals surface area contributed by atoms with Gasteiger partial charge in [-0.05, 0) is 26.2 Å². The van der Waals surface area contributed by atoms with Crippen LogP contribution in [-0.2, 0) is 4.79 Å². The van der Waals surface area contributed by atoms with E-state index in [0.29, 0.717) is 0 Å². The predicted molar refractivity (Wildman–Crippen MR) is 51.3 cm³/mol. The first kappa shape index (κ1) is 10.5. The van der Waals surface area contributed by atoms with Crippen LogP contribution < -0.4 is 5.32 Å². The molecule has 13 heavy (non-hydrogen) atoms. The van der Waals surface area contributed by atoms with Gasteiger partial charge in [0.2, 0.25) is 5.91 Å². The van der Waals surface area contributed by atoms with Gasteiger partial charge in [0, 0.05) is 5.92 Å². The molecule has 0 heterocycles. The zero-order valence-electron chi connectivity index (χ0n) is 8.47. The van der Waals surface area contributed by atoms with Gasteiger partial charge in [-0.25, -0.2) is 0 Å². The molecular formula is C10H19NO2. The van der Waals surface area contributed by atoms with Gasteiger partial charge in [0.1, 0.15) is 0 Å². The van der Waals surface area contributed by atoms with Crippen LogP contribution in [0.5, 0.6) is 0 Å². The van der Waals surface area contributed by atoms with Crippen molar-refractivity contribution in [3.05, 3.63) is 0 Å². The Balaban J connectivity index is 2.40. The topological polar surface area (TPSA) is 49.3 Å². The van der Waals surface area contributed by atoms with Crippen LogP contribution in [0, 0.1) is 5.92 Å². The van der Waals surface area contributed by atoms with E-state index in [2.05, 4.69) is 5.32 Å². The zero-order valence-corrected chi connectivity index (χ0v) is 8.47. The first-order chi connectivity index (χ1) is 6.11. The monoisotopic (exact) mass is 185 g/mol. The third-order valence-electron chi connectivity index (χ3n) is 3.03. The number of hydrogen-bond donors (Lipinski definition) is 2. The molecule has 0 bridgehead atoms. The molecule has 3 nitrogen and oxygen atoms in total. The van der Waals surface area contributed by atoms with E-state index in [1.807, 2.05) is 13.8 Å². The maximum Gasteiger partial charge on any atom is 0.223 e. The lowest BCUT2D eigenvalue weighted by Gasteiger charge is -2.32. The molecule has 2 N–H and O–H groups in total. The van der Waals surface area contributed by atoms with Crippen LogP contribution in [0.4, 0.5) is 0 Å². The molecule has 76 valence electrons. The second-order valence-electron chi connectivity index (χ2n) is 4.19. The molecule has 0 aromatic heterocycles. The number of aliphatic hydroxyl groups excluding tert-OH is 1. The average Bonchev–Trinajstić information content (AvgIpc) is 2.01. The van der Waals surface area contributed by atoms with Crippen molar-refractivity contribution in [3.8, 4) is 0 Å². The number of carbonyl (C=O) groups excluding carboxylic acids is 1. The molecule has 0 aromatic rings. The minimum Gasteiger partial charge on any atom is -0.394 e. The fourth-order valence-corrected chi connectivity index (χ4v) is 1.31. The van der Waals surface area contributed by atoms with Gasteiger partial charge in [-0.15, -0.1) is 0 Å². The maximum absolute atomic E-state index is 11.5. The molecule has 0 saturated heterocycles. The fraction of sp³-hybridized carbons (Fsp3) is 0.900. The molecule has 1 aliphatic carbocycles. The minimum absolute atomic E-state index is 0.0158. The van der Waals surface area contributed by atoms with Crippen LogP contribution in [0.2, 0.25) is 0 Å². The highest BCUT2D eigenvalue weighted by Crippen LogP contribution is 2.27. The number of aliphatic hydroxyl groups is 1. The second kappa shape index (κ2) is 4.09. The van der Waals surface area contributed by atoms with Crippen LogP contribution in [0.25, 0.3) is 0 Å². The zero-order chi connectivity index (χ0) is 9.90. The van der Waals surface area contributed by atoms with Gasteiger partial charge in [0.05, 0.1) is 12.1 Å². The van der Waals surface area contributed by atoms with E-state index in [4.69, 9.17) is 5.11 Å². The van der Waals surface area contributed by atoms with Crippen molar-refractivity contribution in [1.29, 1.82) is 0 Å². The molecule has 0 aliphatic heterocycles. The van der Waals surface area contributed by atoms with Crippen LogP contribution in [0.3, 0.4) is 0 Å². The van der Waals surface area contributed by atoms with Crippen molar-refractivity contribution < 1.29 is 9.90 Å². The third-order valence-corrected chi connectivity index (χ3v) is 3.03. The Morgan fingerprint density at radius 1 is 1.62 bits per heavy atom. The molecule has 1 fully saturated rings. The van der Waals surface area contributed by atoms with Crippen molar-refractivity contribution in [3.63, 3.8) is 0 Å². The van der Waals surface area contributed by atoms with Crippen LogP contribution in [0.1, 0.15) is 39.5 Å². The molecule has 1 atom stereocenters. The summed E-state index contributed by atoms with van der Waals surface area (Å²) < 4.78 is 0. The van der Waals surface area contributed by atoms with E-state index in [1.165, 1.54) is 6.42 Å². The molecule has 1 unspecified atom stereocenters. The van der Waals surface area contributed by atoms with Gasteiger partial charge >= 0.3 is 0 Å². The summed E-state index contributed by atoms with van der Waals surface area (Å²) in [4.78, 5) is 11.5. The lowest BCUT2D eigenvalue weighted by Crippen LogP contribution is -2.51. The minimum atomic E-state index is -0.424. The van der Waals surface area contributed by atoms with Gasteiger partial charge < -0.3 is 10.4 Å². The molecule has 3 heteroatoms. The van der Waals surface area contributed by atoms with Gasteiger partial charge in [-0.2, -0.15) is 0 Å². The van der Waals surface area contributed by atoms with Crippen molar-refractivity contribution in [2.45, 2.75) is 45.1 Å². The lowest BCUT2D eigenvalue weighted by atomic mass is 9.84. The van der Waals surface area contributed by atoms with Crippen molar-refractivity contribution in [1.82, 2.24) is 5.32 Å². The summed E-state index contributed by atoms with van der Waals surface area (Å²) in [5.74, 6) is 0.321. The number of amides is 1. The molecule has 0 aromatic carbocycles. The molecule has 0 spiro atoms. The molecule has 0 radical (unpaired) electrons. The Labute approximate surface area is 79.5 Å². The fourth-order valence-electron chi connectivity index (χ4n) is 1.31. The molecule has 1 saturated carbocycles. The van der Waals surface area contributed by atoms with Gasteiger partial charge in [0.25, 0.3) is 0 Å². The highest BCUT2D eigenvalue weighted by molar-refractivity contribution is 5.80. The summed E-state index contributed by atoms with van der Waals surface area (Å²) >= 11 is 0. The Morgan fingerprint density at radius 3 is 2.54 bits per heavy atom. The third kappa shape index (κ3) is 2.44. The van der Waals surface area contributed by atoms with Crippen molar-refractivity contribution in [2.24, 2.45) is 5.92 Å². The number of carbonyl (C=O) groups is 1. The molecule has 1 rings (SSSR count). The highest BCUT2D eigenvalue weighted by atomic mass is 16.3. The Bertz CT molecular complexity index is 183. The van der Waals surface area contributed by atoms with E-state index in [9.17, 15) is 4.79 Å².